The van der Waals surface area contributed by atoms with Gasteiger partial charge in [0, 0.05) is 32.6 Å². The first-order valence-electron chi connectivity index (χ1n) is 6.64. The van der Waals surface area contributed by atoms with Crippen molar-refractivity contribution >= 4 is 11.6 Å². The van der Waals surface area contributed by atoms with Crippen LogP contribution in [0.15, 0.2) is 24.3 Å². The largest absolute Gasteiger partial charge is 0.388 e. The molecule has 0 bridgehead atoms. The Morgan fingerprint density at radius 2 is 2.05 bits per heavy atom. The Kier molecular flexibility index (Phi) is 5.05. The van der Waals surface area contributed by atoms with Gasteiger partial charge < -0.3 is 20.5 Å². The summed E-state index contributed by atoms with van der Waals surface area (Å²) in [6.45, 7) is 1.40. The summed E-state index contributed by atoms with van der Waals surface area (Å²) in [6.07, 6.45) is 1.10. The van der Waals surface area contributed by atoms with Crippen molar-refractivity contribution in [1.29, 1.82) is 0 Å². The van der Waals surface area contributed by atoms with Crippen LogP contribution in [0, 0.1) is 5.82 Å². The van der Waals surface area contributed by atoms with Crippen molar-refractivity contribution < 1.29 is 19.0 Å². The first-order valence-corrected chi connectivity index (χ1v) is 6.64. The molecule has 1 aromatic rings. The van der Waals surface area contributed by atoms with E-state index in [4.69, 9.17) is 4.74 Å². The molecular weight excluding hydrogens is 263 g/mol. The standard InChI is InChI=1S/C14H19FN2O3/c15-11-3-1-2-4-12(11)17-13(18)9-16-10-14(19)5-7-20-8-6-14/h1-4,16,19H,5-10H2,(H,17,18). The van der Waals surface area contributed by atoms with Gasteiger partial charge in [-0.15, -0.1) is 0 Å². The van der Waals surface area contributed by atoms with Crippen molar-refractivity contribution in [1.82, 2.24) is 5.32 Å². The molecule has 1 aliphatic heterocycles. The Morgan fingerprint density at radius 3 is 2.75 bits per heavy atom. The molecule has 5 nitrogen and oxygen atoms in total. The summed E-state index contributed by atoms with van der Waals surface area (Å²) >= 11 is 0. The van der Waals surface area contributed by atoms with Gasteiger partial charge in [-0.05, 0) is 12.1 Å². The number of aliphatic hydroxyl groups is 1. The van der Waals surface area contributed by atoms with Gasteiger partial charge in [-0.3, -0.25) is 4.79 Å². The van der Waals surface area contributed by atoms with Gasteiger partial charge in [-0.2, -0.15) is 0 Å². The molecule has 1 aliphatic rings. The molecule has 3 N–H and O–H groups in total. The van der Waals surface area contributed by atoms with E-state index in [-0.39, 0.29) is 18.1 Å². The zero-order valence-electron chi connectivity index (χ0n) is 11.2. The second-order valence-electron chi connectivity index (χ2n) is 4.97. The van der Waals surface area contributed by atoms with Gasteiger partial charge in [0.05, 0.1) is 17.8 Å². The second-order valence-corrected chi connectivity index (χ2v) is 4.97. The van der Waals surface area contributed by atoms with Gasteiger partial charge in [-0.1, -0.05) is 12.1 Å². The summed E-state index contributed by atoms with van der Waals surface area (Å²) in [4.78, 5) is 11.7. The molecule has 110 valence electrons. The van der Waals surface area contributed by atoms with Crippen molar-refractivity contribution in [3.05, 3.63) is 30.1 Å². The molecule has 20 heavy (non-hydrogen) atoms. The van der Waals surface area contributed by atoms with Crippen molar-refractivity contribution in [2.75, 3.05) is 31.6 Å². The second kappa shape index (κ2) is 6.78. The lowest BCUT2D eigenvalue weighted by Crippen LogP contribution is -2.46. The van der Waals surface area contributed by atoms with E-state index < -0.39 is 11.4 Å². The minimum atomic E-state index is -0.823. The highest BCUT2D eigenvalue weighted by atomic mass is 19.1. The molecule has 6 heteroatoms. The fraction of sp³-hybridized carbons (Fsp3) is 0.500. The van der Waals surface area contributed by atoms with Crippen LogP contribution >= 0.6 is 0 Å². The van der Waals surface area contributed by atoms with E-state index in [0.717, 1.165) is 0 Å². The number of nitrogens with one attached hydrogen (secondary N) is 2. The van der Waals surface area contributed by atoms with Crippen LogP contribution in [-0.4, -0.2) is 42.9 Å². The zero-order valence-corrected chi connectivity index (χ0v) is 11.2. The lowest BCUT2D eigenvalue weighted by molar-refractivity contribution is -0.115. The number of ether oxygens (including phenoxy) is 1. The molecule has 1 fully saturated rings. The summed E-state index contributed by atoms with van der Waals surface area (Å²) in [5, 5.41) is 15.6. The van der Waals surface area contributed by atoms with Crippen LogP contribution in [0.2, 0.25) is 0 Å². The van der Waals surface area contributed by atoms with Gasteiger partial charge in [0.25, 0.3) is 0 Å². The minimum Gasteiger partial charge on any atom is -0.388 e. The summed E-state index contributed by atoms with van der Waals surface area (Å²) in [6, 6.07) is 5.99. The number of hydrogen-bond donors (Lipinski definition) is 3. The van der Waals surface area contributed by atoms with E-state index >= 15 is 0 Å². The predicted molar refractivity (Wildman–Crippen MR) is 72.9 cm³/mol. The maximum Gasteiger partial charge on any atom is 0.238 e. The molecule has 0 radical (unpaired) electrons. The van der Waals surface area contributed by atoms with E-state index in [1.54, 1.807) is 12.1 Å². The number of rotatable bonds is 5. The number of carbonyl (C=O) groups excluding carboxylic acids is 1. The third kappa shape index (κ3) is 4.26. The number of anilines is 1. The maximum absolute atomic E-state index is 13.3. The maximum atomic E-state index is 13.3. The molecule has 1 aromatic carbocycles. The predicted octanol–water partition coefficient (Wildman–Crippen LogP) is 0.895. The summed E-state index contributed by atoms with van der Waals surface area (Å²) in [5.41, 5.74) is -0.666. The van der Waals surface area contributed by atoms with Crippen molar-refractivity contribution in [3.63, 3.8) is 0 Å². The van der Waals surface area contributed by atoms with Gasteiger partial charge in [0.15, 0.2) is 0 Å². The molecule has 0 unspecified atom stereocenters. The Hall–Kier alpha value is -1.50. The van der Waals surface area contributed by atoms with E-state index in [1.807, 2.05) is 0 Å². The first kappa shape index (κ1) is 14.9. The average molecular weight is 282 g/mol. The molecule has 0 atom stereocenters. The van der Waals surface area contributed by atoms with Crippen molar-refractivity contribution in [3.8, 4) is 0 Å². The molecular formula is C14H19FN2O3. The Balaban J connectivity index is 1.74. The highest BCUT2D eigenvalue weighted by molar-refractivity contribution is 5.92. The Labute approximate surface area is 117 Å². The fourth-order valence-corrected chi connectivity index (χ4v) is 2.09. The van der Waals surface area contributed by atoms with Crippen molar-refractivity contribution in [2.45, 2.75) is 18.4 Å². The summed E-state index contributed by atoms with van der Waals surface area (Å²) < 4.78 is 18.5. The molecule has 0 saturated carbocycles. The van der Waals surface area contributed by atoms with E-state index in [1.165, 1.54) is 12.1 Å². The Morgan fingerprint density at radius 1 is 1.35 bits per heavy atom. The monoisotopic (exact) mass is 282 g/mol. The fourth-order valence-electron chi connectivity index (χ4n) is 2.09. The average Bonchev–Trinajstić information content (AvgIpc) is 2.42. The number of amides is 1. The van der Waals surface area contributed by atoms with Gasteiger partial charge in [-0.25, -0.2) is 4.39 Å². The minimum absolute atomic E-state index is 0.0253. The van der Waals surface area contributed by atoms with Crippen LogP contribution in [0.1, 0.15) is 12.8 Å². The van der Waals surface area contributed by atoms with E-state index in [9.17, 15) is 14.3 Å². The topological polar surface area (TPSA) is 70.6 Å². The number of benzene rings is 1. The number of carbonyl (C=O) groups is 1. The molecule has 0 spiro atoms. The summed E-state index contributed by atoms with van der Waals surface area (Å²) in [7, 11) is 0. The quantitative estimate of drug-likeness (QED) is 0.750. The van der Waals surface area contributed by atoms with Gasteiger partial charge >= 0.3 is 0 Å². The SMILES string of the molecule is O=C(CNCC1(O)CCOCC1)Nc1ccccc1F. The van der Waals surface area contributed by atoms with Gasteiger partial charge in [0.2, 0.25) is 5.91 Å². The first-order chi connectivity index (χ1) is 9.59. The molecule has 1 saturated heterocycles. The normalized spacial score (nSPS) is 17.7. The van der Waals surface area contributed by atoms with E-state index in [0.29, 0.717) is 32.6 Å². The van der Waals surface area contributed by atoms with Crippen LogP contribution in [0.5, 0.6) is 0 Å². The van der Waals surface area contributed by atoms with E-state index in [2.05, 4.69) is 10.6 Å². The highest BCUT2D eigenvalue weighted by Crippen LogP contribution is 2.19. The molecule has 1 heterocycles. The number of halogens is 1. The summed E-state index contributed by atoms with van der Waals surface area (Å²) in [5.74, 6) is -0.810. The molecule has 1 amide bonds. The number of para-hydroxylation sites is 1. The lowest BCUT2D eigenvalue weighted by Gasteiger charge is -2.32. The van der Waals surface area contributed by atoms with Crippen molar-refractivity contribution in [2.24, 2.45) is 0 Å². The van der Waals surface area contributed by atoms with Crippen LogP contribution in [0.3, 0.4) is 0 Å². The van der Waals surface area contributed by atoms with Crippen LogP contribution < -0.4 is 10.6 Å². The molecule has 0 aromatic heterocycles. The van der Waals surface area contributed by atoms with Crippen LogP contribution in [-0.2, 0) is 9.53 Å². The third-order valence-electron chi connectivity index (χ3n) is 3.31. The molecule has 2 rings (SSSR count). The highest BCUT2D eigenvalue weighted by Gasteiger charge is 2.29. The number of hydrogen-bond acceptors (Lipinski definition) is 4. The molecule has 0 aliphatic carbocycles. The zero-order chi connectivity index (χ0) is 14.4. The van der Waals surface area contributed by atoms with Crippen LogP contribution in [0.25, 0.3) is 0 Å². The van der Waals surface area contributed by atoms with Gasteiger partial charge in [0.1, 0.15) is 5.82 Å². The smallest absolute Gasteiger partial charge is 0.238 e. The third-order valence-corrected chi connectivity index (χ3v) is 3.31. The van der Waals surface area contributed by atoms with Crippen LogP contribution in [0.4, 0.5) is 10.1 Å². The lowest BCUT2D eigenvalue weighted by atomic mass is 9.94. The Bertz CT molecular complexity index is 461.